The quantitative estimate of drug-likeness (QED) is 0.913. The van der Waals surface area contributed by atoms with Crippen LogP contribution in [0.1, 0.15) is 48.2 Å². The molecule has 0 aromatic carbocycles. The number of carboxylic acid groups (broad SMARTS) is 1. The smallest absolute Gasteiger partial charge is 0.335 e. The van der Waals surface area contributed by atoms with Crippen molar-refractivity contribution >= 4 is 5.97 Å². The van der Waals surface area contributed by atoms with Gasteiger partial charge in [-0.2, -0.15) is 0 Å². The molecule has 0 unspecified atom stereocenters. The number of carbonyl (C=O) groups is 1. The molecule has 5 heteroatoms. The molecule has 2 aromatic rings. The van der Waals surface area contributed by atoms with Gasteiger partial charge in [0.2, 0.25) is 0 Å². The Morgan fingerprint density at radius 2 is 1.90 bits per heavy atom. The standard InChI is InChI=1S/C15H19N3O2/c1-9-10(2)18(8-16-9)13-7-11(14(19)20)6-12(17-13)15(3,4)5/h6-8H,1-5H3,(H,19,20). The van der Waals surface area contributed by atoms with Gasteiger partial charge in [-0.05, 0) is 26.0 Å². The highest BCUT2D eigenvalue weighted by Gasteiger charge is 2.20. The van der Waals surface area contributed by atoms with E-state index >= 15 is 0 Å². The Morgan fingerprint density at radius 1 is 1.25 bits per heavy atom. The SMILES string of the molecule is Cc1ncn(-c2cc(C(=O)O)cc(C(C)(C)C)n2)c1C. The summed E-state index contributed by atoms with van der Waals surface area (Å²) < 4.78 is 1.82. The number of aryl methyl sites for hydroxylation is 1. The molecule has 0 atom stereocenters. The summed E-state index contributed by atoms with van der Waals surface area (Å²) in [6, 6.07) is 3.21. The van der Waals surface area contributed by atoms with Crippen LogP contribution in [0.15, 0.2) is 18.5 Å². The highest BCUT2D eigenvalue weighted by atomic mass is 16.4. The van der Waals surface area contributed by atoms with E-state index in [1.165, 1.54) is 0 Å². The summed E-state index contributed by atoms with van der Waals surface area (Å²) in [6.07, 6.45) is 1.67. The number of imidazole rings is 1. The highest BCUT2D eigenvalue weighted by molar-refractivity contribution is 5.88. The van der Waals surface area contributed by atoms with Crippen LogP contribution in [0.2, 0.25) is 0 Å². The van der Waals surface area contributed by atoms with Crippen molar-refractivity contribution in [2.75, 3.05) is 0 Å². The Balaban J connectivity index is 2.67. The van der Waals surface area contributed by atoms with Crippen molar-refractivity contribution < 1.29 is 9.90 Å². The second-order valence-corrected chi connectivity index (χ2v) is 5.94. The zero-order valence-corrected chi connectivity index (χ0v) is 12.4. The summed E-state index contributed by atoms with van der Waals surface area (Å²) in [5.74, 6) is -0.360. The topological polar surface area (TPSA) is 68.0 Å². The first-order chi connectivity index (χ1) is 9.20. The van der Waals surface area contributed by atoms with E-state index in [0.29, 0.717) is 5.82 Å². The van der Waals surface area contributed by atoms with Crippen molar-refractivity contribution in [3.8, 4) is 5.82 Å². The molecule has 0 spiro atoms. The predicted molar refractivity (Wildman–Crippen MR) is 76.5 cm³/mol. The average Bonchev–Trinajstić information content (AvgIpc) is 2.68. The van der Waals surface area contributed by atoms with Crippen molar-refractivity contribution in [2.24, 2.45) is 0 Å². The van der Waals surface area contributed by atoms with Crippen LogP contribution in [-0.4, -0.2) is 25.6 Å². The summed E-state index contributed by atoms with van der Waals surface area (Å²) >= 11 is 0. The number of rotatable bonds is 2. The van der Waals surface area contributed by atoms with E-state index in [9.17, 15) is 9.90 Å². The Hall–Kier alpha value is -2.17. The minimum absolute atomic E-state index is 0.219. The molecule has 2 rings (SSSR count). The van der Waals surface area contributed by atoms with Crippen molar-refractivity contribution in [3.05, 3.63) is 41.1 Å². The maximum absolute atomic E-state index is 11.3. The van der Waals surface area contributed by atoms with E-state index in [1.54, 1.807) is 18.5 Å². The van der Waals surface area contributed by atoms with Crippen LogP contribution in [0.4, 0.5) is 0 Å². The molecule has 2 aromatic heterocycles. The maximum Gasteiger partial charge on any atom is 0.335 e. The summed E-state index contributed by atoms with van der Waals surface area (Å²) in [6.45, 7) is 9.88. The molecule has 0 radical (unpaired) electrons. The molecular formula is C15H19N3O2. The lowest BCUT2D eigenvalue weighted by molar-refractivity contribution is 0.0696. The van der Waals surface area contributed by atoms with E-state index in [2.05, 4.69) is 9.97 Å². The third-order valence-corrected chi connectivity index (χ3v) is 3.33. The van der Waals surface area contributed by atoms with Gasteiger partial charge in [0.1, 0.15) is 12.1 Å². The normalized spacial score (nSPS) is 11.7. The average molecular weight is 273 g/mol. The maximum atomic E-state index is 11.3. The van der Waals surface area contributed by atoms with Crippen LogP contribution in [0.5, 0.6) is 0 Å². The van der Waals surface area contributed by atoms with Gasteiger partial charge in [-0.3, -0.25) is 4.57 Å². The number of nitrogens with zero attached hydrogens (tertiary/aromatic N) is 3. The molecule has 2 heterocycles. The molecule has 0 aliphatic rings. The predicted octanol–water partition coefficient (Wildman–Crippen LogP) is 2.88. The Bertz CT molecular complexity index is 666. The number of hydrogen-bond donors (Lipinski definition) is 1. The highest BCUT2D eigenvalue weighted by Crippen LogP contribution is 2.24. The molecular weight excluding hydrogens is 254 g/mol. The monoisotopic (exact) mass is 273 g/mol. The first-order valence-electron chi connectivity index (χ1n) is 6.47. The fourth-order valence-electron chi connectivity index (χ4n) is 1.88. The van der Waals surface area contributed by atoms with E-state index in [4.69, 9.17) is 0 Å². The zero-order chi connectivity index (χ0) is 15.1. The summed E-state index contributed by atoms with van der Waals surface area (Å²) in [4.78, 5) is 20.1. The molecule has 1 N–H and O–H groups in total. The number of carboxylic acids is 1. The summed E-state index contributed by atoms with van der Waals surface area (Å²) in [7, 11) is 0. The molecule has 0 fully saturated rings. The molecule has 0 saturated heterocycles. The lowest BCUT2D eigenvalue weighted by Gasteiger charge is -2.19. The van der Waals surface area contributed by atoms with Crippen molar-refractivity contribution in [3.63, 3.8) is 0 Å². The first kappa shape index (κ1) is 14.2. The zero-order valence-electron chi connectivity index (χ0n) is 12.4. The fraction of sp³-hybridized carbons (Fsp3) is 0.400. The molecule has 0 aliphatic heterocycles. The van der Waals surface area contributed by atoms with Crippen molar-refractivity contribution in [2.45, 2.75) is 40.0 Å². The Morgan fingerprint density at radius 3 is 2.35 bits per heavy atom. The molecule has 0 bridgehead atoms. The van der Waals surface area contributed by atoms with Crippen molar-refractivity contribution in [1.29, 1.82) is 0 Å². The molecule has 106 valence electrons. The van der Waals surface area contributed by atoms with Gasteiger partial charge in [0.05, 0.1) is 11.3 Å². The van der Waals surface area contributed by atoms with Gasteiger partial charge >= 0.3 is 5.97 Å². The van der Waals surface area contributed by atoms with Crippen LogP contribution in [0.3, 0.4) is 0 Å². The van der Waals surface area contributed by atoms with Gasteiger partial charge in [0.25, 0.3) is 0 Å². The molecule has 0 amide bonds. The minimum Gasteiger partial charge on any atom is -0.478 e. The van der Waals surface area contributed by atoms with Gasteiger partial charge in [-0.15, -0.1) is 0 Å². The lowest BCUT2D eigenvalue weighted by atomic mass is 9.90. The van der Waals surface area contributed by atoms with Crippen LogP contribution >= 0.6 is 0 Å². The van der Waals surface area contributed by atoms with Gasteiger partial charge in [-0.25, -0.2) is 14.8 Å². The number of aromatic nitrogens is 3. The minimum atomic E-state index is -0.950. The van der Waals surface area contributed by atoms with Gasteiger partial charge in [0, 0.05) is 16.8 Å². The fourth-order valence-corrected chi connectivity index (χ4v) is 1.88. The molecule has 0 aliphatic carbocycles. The van der Waals surface area contributed by atoms with Gasteiger partial charge < -0.3 is 5.11 Å². The second kappa shape index (κ2) is 4.74. The van der Waals surface area contributed by atoms with E-state index in [0.717, 1.165) is 17.1 Å². The second-order valence-electron chi connectivity index (χ2n) is 5.94. The Labute approximate surface area is 118 Å². The van der Waals surface area contributed by atoms with Crippen LogP contribution in [0, 0.1) is 13.8 Å². The van der Waals surface area contributed by atoms with Crippen LogP contribution in [-0.2, 0) is 5.41 Å². The van der Waals surface area contributed by atoms with E-state index < -0.39 is 5.97 Å². The van der Waals surface area contributed by atoms with E-state index in [-0.39, 0.29) is 11.0 Å². The first-order valence-corrected chi connectivity index (χ1v) is 6.47. The third kappa shape index (κ3) is 2.57. The molecule has 0 saturated carbocycles. The Kier molecular flexibility index (Phi) is 3.38. The summed E-state index contributed by atoms with van der Waals surface area (Å²) in [5.41, 5.74) is 2.64. The van der Waals surface area contributed by atoms with Crippen molar-refractivity contribution in [1.82, 2.24) is 14.5 Å². The largest absolute Gasteiger partial charge is 0.478 e. The number of pyridine rings is 1. The van der Waals surface area contributed by atoms with Gasteiger partial charge in [0.15, 0.2) is 0 Å². The van der Waals surface area contributed by atoms with Crippen LogP contribution in [0.25, 0.3) is 5.82 Å². The molecule has 5 nitrogen and oxygen atoms in total. The third-order valence-electron chi connectivity index (χ3n) is 3.33. The lowest BCUT2D eigenvalue weighted by Crippen LogP contribution is -2.17. The molecule has 20 heavy (non-hydrogen) atoms. The summed E-state index contributed by atoms with van der Waals surface area (Å²) in [5, 5.41) is 9.27. The number of hydrogen-bond acceptors (Lipinski definition) is 3. The van der Waals surface area contributed by atoms with E-state index in [1.807, 2.05) is 39.2 Å². The van der Waals surface area contributed by atoms with Gasteiger partial charge in [-0.1, -0.05) is 20.8 Å². The number of aromatic carboxylic acids is 1. The van der Waals surface area contributed by atoms with Crippen LogP contribution < -0.4 is 0 Å².